The highest BCUT2D eigenvalue weighted by Crippen LogP contribution is 2.21. The summed E-state index contributed by atoms with van der Waals surface area (Å²) < 4.78 is 6.91. The van der Waals surface area contributed by atoms with Gasteiger partial charge in [-0.3, -0.25) is 14.7 Å². The van der Waals surface area contributed by atoms with Crippen molar-refractivity contribution in [3.8, 4) is 0 Å². The number of anilines is 1. The Kier molecular flexibility index (Phi) is 5.17. The molecule has 26 heavy (non-hydrogen) atoms. The van der Waals surface area contributed by atoms with Gasteiger partial charge in [0, 0.05) is 40.8 Å². The van der Waals surface area contributed by atoms with E-state index in [-0.39, 0.29) is 30.1 Å². The van der Waals surface area contributed by atoms with E-state index in [9.17, 15) is 14.4 Å². The fraction of sp³-hybridized carbons (Fsp3) is 0.176. The Morgan fingerprint density at radius 3 is 2.88 bits per heavy atom. The highest BCUT2D eigenvalue weighted by molar-refractivity contribution is 9.10. The summed E-state index contributed by atoms with van der Waals surface area (Å²) in [5, 5.41) is 9.97. The third-order valence-electron chi connectivity index (χ3n) is 3.75. The second kappa shape index (κ2) is 7.52. The first-order valence-electron chi connectivity index (χ1n) is 7.70. The molecule has 9 heteroatoms. The molecule has 0 aliphatic rings. The molecular formula is C17H15BrN4O4. The average Bonchev–Trinajstić information content (AvgIpc) is 3.05. The molecule has 0 saturated heterocycles. The van der Waals surface area contributed by atoms with Crippen molar-refractivity contribution >= 4 is 44.4 Å². The van der Waals surface area contributed by atoms with Crippen molar-refractivity contribution in [3.05, 3.63) is 57.0 Å². The van der Waals surface area contributed by atoms with E-state index in [0.717, 1.165) is 4.47 Å². The summed E-state index contributed by atoms with van der Waals surface area (Å²) in [6, 6.07) is 8.14. The Morgan fingerprint density at radius 2 is 2.12 bits per heavy atom. The van der Waals surface area contributed by atoms with E-state index in [4.69, 9.17) is 0 Å². The number of aryl methyl sites for hydroxylation is 1. The number of carbonyl (C=O) groups is 2. The maximum atomic E-state index is 12.2. The van der Waals surface area contributed by atoms with E-state index >= 15 is 0 Å². The molecule has 0 fully saturated rings. The quantitative estimate of drug-likeness (QED) is 0.618. The highest BCUT2D eigenvalue weighted by atomic mass is 79.9. The van der Waals surface area contributed by atoms with Crippen molar-refractivity contribution in [3.63, 3.8) is 0 Å². The van der Waals surface area contributed by atoms with Gasteiger partial charge in [-0.25, -0.2) is 4.79 Å². The van der Waals surface area contributed by atoms with Gasteiger partial charge >= 0.3 is 5.97 Å². The van der Waals surface area contributed by atoms with Crippen molar-refractivity contribution < 1.29 is 14.3 Å². The third kappa shape index (κ3) is 3.83. The number of amides is 1. The number of ether oxygens (including phenoxy) is 1. The normalized spacial score (nSPS) is 10.7. The molecule has 134 valence electrons. The van der Waals surface area contributed by atoms with Crippen LogP contribution in [0.2, 0.25) is 0 Å². The maximum Gasteiger partial charge on any atom is 0.359 e. The molecule has 2 N–H and O–H groups in total. The molecule has 0 aliphatic heterocycles. The van der Waals surface area contributed by atoms with Gasteiger partial charge in [0.05, 0.1) is 12.6 Å². The number of hydrogen-bond donors (Lipinski definition) is 2. The predicted octanol–water partition coefficient (Wildman–Crippen LogP) is 2.30. The summed E-state index contributed by atoms with van der Waals surface area (Å²) in [4.78, 5) is 35.6. The van der Waals surface area contributed by atoms with Gasteiger partial charge in [0.25, 0.3) is 5.56 Å². The van der Waals surface area contributed by atoms with Crippen LogP contribution in [-0.4, -0.2) is 33.8 Å². The minimum atomic E-state index is -0.561. The van der Waals surface area contributed by atoms with Gasteiger partial charge in [0.2, 0.25) is 5.91 Å². The van der Waals surface area contributed by atoms with Crippen LogP contribution in [0.1, 0.15) is 16.9 Å². The molecule has 2 heterocycles. The fourth-order valence-electron chi connectivity index (χ4n) is 2.47. The number of H-pyrrole nitrogens is 1. The first-order chi connectivity index (χ1) is 12.5. The molecule has 0 bridgehead atoms. The SMILES string of the molecule is COC(=O)c1n[nH]c2ccc(NC(=O)CCn3cc(Br)ccc3=O)cc12. The van der Waals surface area contributed by atoms with Gasteiger partial charge in [0.1, 0.15) is 0 Å². The minimum absolute atomic E-state index is 0.129. The molecule has 0 saturated carbocycles. The fourth-order valence-corrected chi connectivity index (χ4v) is 2.85. The van der Waals surface area contributed by atoms with Gasteiger partial charge in [-0.05, 0) is 40.2 Å². The van der Waals surface area contributed by atoms with E-state index < -0.39 is 5.97 Å². The zero-order valence-corrected chi connectivity index (χ0v) is 15.4. The molecule has 0 spiro atoms. The zero-order chi connectivity index (χ0) is 18.7. The van der Waals surface area contributed by atoms with E-state index in [0.29, 0.717) is 16.6 Å². The molecule has 0 aliphatic carbocycles. The van der Waals surface area contributed by atoms with Crippen LogP contribution in [0.3, 0.4) is 0 Å². The van der Waals surface area contributed by atoms with Crippen LogP contribution >= 0.6 is 15.9 Å². The topological polar surface area (TPSA) is 106 Å². The standard InChI is InChI=1S/C17H15BrN4O4/c1-26-17(25)16-12-8-11(3-4-13(12)20-21-16)19-14(23)6-7-22-9-10(18)2-5-15(22)24/h2-5,8-9H,6-7H2,1H3,(H,19,23)(H,20,21). The number of hydrogen-bond acceptors (Lipinski definition) is 5. The number of rotatable bonds is 5. The summed E-state index contributed by atoms with van der Waals surface area (Å²) in [6.45, 7) is 0.255. The molecule has 8 nitrogen and oxygen atoms in total. The van der Waals surface area contributed by atoms with E-state index in [1.165, 1.54) is 17.7 Å². The number of benzene rings is 1. The zero-order valence-electron chi connectivity index (χ0n) is 13.8. The van der Waals surface area contributed by atoms with Crippen LogP contribution in [0.4, 0.5) is 5.69 Å². The highest BCUT2D eigenvalue weighted by Gasteiger charge is 2.15. The number of aromatic amines is 1. The Morgan fingerprint density at radius 1 is 1.31 bits per heavy atom. The van der Waals surface area contributed by atoms with Gasteiger partial charge < -0.3 is 14.6 Å². The lowest BCUT2D eigenvalue weighted by Gasteiger charge is -2.08. The average molecular weight is 419 g/mol. The molecule has 1 aromatic carbocycles. The van der Waals surface area contributed by atoms with Gasteiger partial charge in [-0.15, -0.1) is 0 Å². The van der Waals surface area contributed by atoms with Crippen LogP contribution in [0.15, 0.2) is 45.8 Å². The van der Waals surface area contributed by atoms with Crippen molar-refractivity contribution in [2.24, 2.45) is 0 Å². The van der Waals surface area contributed by atoms with Crippen LogP contribution < -0.4 is 10.9 Å². The molecule has 3 rings (SSSR count). The van der Waals surface area contributed by atoms with E-state index in [1.807, 2.05) is 0 Å². The van der Waals surface area contributed by atoms with Crippen molar-refractivity contribution in [2.45, 2.75) is 13.0 Å². The summed E-state index contributed by atoms with van der Waals surface area (Å²) >= 11 is 3.29. The number of fused-ring (bicyclic) bond motifs is 1. The molecule has 3 aromatic rings. The van der Waals surface area contributed by atoms with Crippen LogP contribution in [0, 0.1) is 0 Å². The largest absolute Gasteiger partial charge is 0.464 e. The molecule has 0 atom stereocenters. The molecular weight excluding hydrogens is 404 g/mol. The van der Waals surface area contributed by atoms with Crippen LogP contribution in [-0.2, 0) is 16.1 Å². The number of methoxy groups -OCH3 is 1. The summed E-state index contributed by atoms with van der Waals surface area (Å²) in [6.07, 6.45) is 1.76. The summed E-state index contributed by atoms with van der Waals surface area (Å²) in [7, 11) is 1.28. The number of nitrogens with one attached hydrogen (secondary N) is 2. The van der Waals surface area contributed by atoms with Crippen LogP contribution in [0.5, 0.6) is 0 Å². The predicted molar refractivity (Wildman–Crippen MR) is 99.1 cm³/mol. The Labute approximate surface area is 156 Å². The minimum Gasteiger partial charge on any atom is -0.464 e. The summed E-state index contributed by atoms with van der Waals surface area (Å²) in [5.74, 6) is -0.812. The molecule has 0 unspecified atom stereocenters. The Balaban J connectivity index is 1.72. The number of halogens is 1. The monoisotopic (exact) mass is 418 g/mol. The first-order valence-corrected chi connectivity index (χ1v) is 8.49. The van der Waals surface area contributed by atoms with Crippen molar-refractivity contribution in [1.82, 2.24) is 14.8 Å². The second-order valence-corrected chi connectivity index (χ2v) is 6.42. The first kappa shape index (κ1) is 17.9. The maximum absolute atomic E-state index is 12.2. The van der Waals surface area contributed by atoms with Crippen molar-refractivity contribution in [2.75, 3.05) is 12.4 Å². The number of carbonyl (C=O) groups excluding carboxylic acids is 2. The van der Waals surface area contributed by atoms with Gasteiger partial charge in [0.15, 0.2) is 5.69 Å². The number of nitrogens with zero attached hydrogens (tertiary/aromatic N) is 2. The van der Waals surface area contributed by atoms with Gasteiger partial charge in [-0.1, -0.05) is 0 Å². The lowest BCUT2D eigenvalue weighted by molar-refractivity contribution is -0.116. The number of aromatic nitrogens is 3. The number of pyridine rings is 1. The Hall–Kier alpha value is -2.94. The van der Waals surface area contributed by atoms with Gasteiger partial charge in [-0.2, -0.15) is 5.10 Å². The Bertz CT molecular complexity index is 1040. The molecule has 1 amide bonds. The lowest BCUT2D eigenvalue weighted by atomic mass is 10.2. The van der Waals surface area contributed by atoms with Crippen LogP contribution in [0.25, 0.3) is 10.9 Å². The third-order valence-corrected chi connectivity index (χ3v) is 4.22. The lowest BCUT2D eigenvalue weighted by Crippen LogP contribution is -2.22. The number of esters is 1. The summed E-state index contributed by atoms with van der Waals surface area (Å²) in [5.41, 5.74) is 1.16. The second-order valence-electron chi connectivity index (χ2n) is 5.50. The molecule has 0 radical (unpaired) electrons. The molecule has 2 aromatic heterocycles. The van der Waals surface area contributed by atoms with E-state index in [2.05, 4.69) is 36.2 Å². The van der Waals surface area contributed by atoms with Crippen molar-refractivity contribution in [1.29, 1.82) is 0 Å². The van der Waals surface area contributed by atoms with E-state index in [1.54, 1.807) is 30.5 Å². The smallest absolute Gasteiger partial charge is 0.359 e.